The van der Waals surface area contributed by atoms with Crippen molar-refractivity contribution < 1.29 is 4.74 Å². The van der Waals surface area contributed by atoms with Crippen LogP contribution < -0.4 is 5.32 Å². The molecule has 106 valence electrons. The maximum atomic E-state index is 5.66. The van der Waals surface area contributed by atoms with Gasteiger partial charge >= 0.3 is 0 Å². The fourth-order valence-electron chi connectivity index (χ4n) is 3.76. The first-order valence-electron chi connectivity index (χ1n) is 7.83. The number of hydrogen-bond acceptors (Lipinski definition) is 2. The first-order chi connectivity index (χ1) is 8.48. The Morgan fingerprint density at radius 2 is 1.83 bits per heavy atom. The zero-order valence-corrected chi connectivity index (χ0v) is 12.7. The van der Waals surface area contributed by atoms with Crippen LogP contribution in [0.15, 0.2) is 0 Å². The van der Waals surface area contributed by atoms with Gasteiger partial charge in [-0.15, -0.1) is 0 Å². The fraction of sp³-hybridized carbons (Fsp3) is 1.00. The van der Waals surface area contributed by atoms with E-state index in [9.17, 15) is 0 Å². The van der Waals surface area contributed by atoms with Crippen molar-refractivity contribution in [1.82, 2.24) is 5.32 Å². The largest absolute Gasteiger partial charge is 0.378 e. The third kappa shape index (κ3) is 3.48. The highest BCUT2D eigenvalue weighted by molar-refractivity contribution is 4.89. The van der Waals surface area contributed by atoms with Crippen LogP contribution in [0.2, 0.25) is 0 Å². The van der Waals surface area contributed by atoms with Crippen molar-refractivity contribution in [2.45, 2.75) is 71.9 Å². The molecule has 2 fully saturated rings. The maximum Gasteiger partial charge on any atom is 0.0588 e. The van der Waals surface area contributed by atoms with Crippen molar-refractivity contribution in [3.63, 3.8) is 0 Å². The Kier molecular flexibility index (Phi) is 4.71. The maximum absolute atomic E-state index is 5.66. The predicted molar refractivity (Wildman–Crippen MR) is 76.7 cm³/mol. The van der Waals surface area contributed by atoms with Gasteiger partial charge in [0, 0.05) is 19.2 Å². The molecule has 2 aliphatic rings. The average molecular weight is 253 g/mol. The van der Waals surface area contributed by atoms with Crippen LogP contribution in [0.3, 0.4) is 0 Å². The lowest BCUT2D eigenvalue weighted by molar-refractivity contribution is 0.0961. The summed E-state index contributed by atoms with van der Waals surface area (Å²) in [6.45, 7) is 11.5. The van der Waals surface area contributed by atoms with Gasteiger partial charge in [-0.3, -0.25) is 0 Å². The first-order valence-corrected chi connectivity index (χ1v) is 7.83. The van der Waals surface area contributed by atoms with E-state index in [0.717, 1.165) is 31.0 Å². The lowest BCUT2D eigenvalue weighted by Crippen LogP contribution is -2.46. The monoisotopic (exact) mass is 253 g/mol. The van der Waals surface area contributed by atoms with Crippen molar-refractivity contribution in [3.05, 3.63) is 0 Å². The summed E-state index contributed by atoms with van der Waals surface area (Å²) in [4.78, 5) is 0. The van der Waals surface area contributed by atoms with Crippen LogP contribution in [-0.4, -0.2) is 25.3 Å². The molecule has 1 saturated carbocycles. The van der Waals surface area contributed by atoms with Gasteiger partial charge in [-0.1, -0.05) is 33.6 Å². The molecule has 4 atom stereocenters. The summed E-state index contributed by atoms with van der Waals surface area (Å²) in [7, 11) is 0. The van der Waals surface area contributed by atoms with E-state index in [1.165, 1.54) is 32.1 Å². The van der Waals surface area contributed by atoms with Gasteiger partial charge in [-0.2, -0.15) is 0 Å². The lowest BCUT2D eigenvalue weighted by atomic mass is 9.69. The fourth-order valence-corrected chi connectivity index (χ4v) is 3.76. The second-order valence-electron chi connectivity index (χ2n) is 7.40. The Morgan fingerprint density at radius 3 is 2.44 bits per heavy atom. The van der Waals surface area contributed by atoms with Gasteiger partial charge in [0.2, 0.25) is 0 Å². The standard InChI is InChI=1S/C16H31NO/c1-12-13(9-10-18-12)11-17-15-8-6-5-7-14(15)16(2,3)4/h12-15,17H,5-11H2,1-4H3. The molecule has 0 aromatic carbocycles. The molecule has 0 spiro atoms. The number of rotatable bonds is 3. The molecule has 1 heterocycles. The molecule has 1 saturated heterocycles. The van der Waals surface area contributed by atoms with E-state index < -0.39 is 0 Å². The van der Waals surface area contributed by atoms with E-state index >= 15 is 0 Å². The summed E-state index contributed by atoms with van der Waals surface area (Å²) in [5.41, 5.74) is 0.440. The topological polar surface area (TPSA) is 21.3 Å². The molecule has 2 heteroatoms. The molecule has 1 aliphatic heterocycles. The number of hydrogen-bond donors (Lipinski definition) is 1. The molecule has 2 nitrogen and oxygen atoms in total. The summed E-state index contributed by atoms with van der Waals surface area (Å²) in [5.74, 6) is 1.57. The van der Waals surface area contributed by atoms with E-state index in [4.69, 9.17) is 4.74 Å². The quantitative estimate of drug-likeness (QED) is 0.829. The second kappa shape index (κ2) is 5.92. The van der Waals surface area contributed by atoms with Crippen LogP contribution in [0.5, 0.6) is 0 Å². The highest BCUT2D eigenvalue weighted by Crippen LogP contribution is 2.38. The summed E-state index contributed by atoms with van der Waals surface area (Å²) >= 11 is 0. The van der Waals surface area contributed by atoms with E-state index in [1.54, 1.807) is 0 Å². The molecular weight excluding hydrogens is 222 g/mol. The molecule has 1 aliphatic carbocycles. The van der Waals surface area contributed by atoms with E-state index in [1.807, 2.05) is 0 Å². The number of ether oxygens (including phenoxy) is 1. The van der Waals surface area contributed by atoms with Crippen LogP contribution >= 0.6 is 0 Å². The summed E-state index contributed by atoms with van der Waals surface area (Å²) < 4.78 is 5.66. The lowest BCUT2D eigenvalue weighted by Gasteiger charge is -2.41. The second-order valence-corrected chi connectivity index (χ2v) is 7.40. The zero-order chi connectivity index (χ0) is 13.2. The van der Waals surface area contributed by atoms with Crippen LogP contribution in [0.4, 0.5) is 0 Å². The Bertz CT molecular complexity index is 258. The highest BCUT2D eigenvalue weighted by Gasteiger charge is 2.34. The van der Waals surface area contributed by atoms with Gasteiger partial charge in [0.05, 0.1) is 6.10 Å². The molecule has 0 radical (unpaired) electrons. The van der Waals surface area contributed by atoms with Crippen LogP contribution in [0.25, 0.3) is 0 Å². The van der Waals surface area contributed by atoms with E-state index in [0.29, 0.717) is 11.5 Å². The first kappa shape index (κ1) is 14.3. The number of nitrogens with one attached hydrogen (secondary N) is 1. The Morgan fingerprint density at radius 1 is 1.11 bits per heavy atom. The average Bonchev–Trinajstić information content (AvgIpc) is 2.71. The van der Waals surface area contributed by atoms with Crippen LogP contribution in [0.1, 0.15) is 59.8 Å². The van der Waals surface area contributed by atoms with Gasteiger partial charge in [0.25, 0.3) is 0 Å². The summed E-state index contributed by atoms with van der Waals surface area (Å²) in [5, 5.41) is 3.87. The van der Waals surface area contributed by atoms with E-state index in [2.05, 4.69) is 33.0 Å². The van der Waals surface area contributed by atoms with Crippen molar-refractivity contribution in [1.29, 1.82) is 0 Å². The predicted octanol–water partition coefficient (Wildman–Crippen LogP) is 3.61. The molecule has 0 aromatic rings. The van der Waals surface area contributed by atoms with Gasteiger partial charge in [0.15, 0.2) is 0 Å². The van der Waals surface area contributed by atoms with Crippen molar-refractivity contribution in [2.75, 3.05) is 13.2 Å². The Hall–Kier alpha value is -0.0800. The SMILES string of the molecule is CC1OCCC1CNC1CCCCC1C(C)(C)C. The van der Waals surface area contributed by atoms with Crippen molar-refractivity contribution >= 4 is 0 Å². The Balaban J connectivity index is 1.86. The molecule has 0 bridgehead atoms. The highest BCUT2D eigenvalue weighted by atomic mass is 16.5. The van der Waals surface area contributed by atoms with Crippen LogP contribution in [-0.2, 0) is 4.74 Å². The minimum absolute atomic E-state index is 0.440. The van der Waals surface area contributed by atoms with Crippen molar-refractivity contribution in [3.8, 4) is 0 Å². The summed E-state index contributed by atoms with van der Waals surface area (Å²) in [6.07, 6.45) is 7.28. The third-order valence-corrected chi connectivity index (χ3v) is 5.05. The molecule has 0 aromatic heterocycles. The van der Waals surface area contributed by atoms with Crippen molar-refractivity contribution in [2.24, 2.45) is 17.3 Å². The normalized spacial score (nSPS) is 38.0. The van der Waals surface area contributed by atoms with Gasteiger partial charge < -0.3 is 10.1 Å². The minimum Gasteiger partial charge on any atom is -0.378 e. The van der Waals surface area contributed by atoms with Gasteiger partial charge in [-0.05, 0) is 43.4 Å². The zero-order valence-electron chi connectivity index (χ0n) is 12.7. The molecule has 0 amide bonds. The molecule has 1 N–H and O–H groups in total. The molecule has 18 heavy (non-hydrogen) atoms. The smallest absolute Gasteiger partial charge is 0.0588 e. The van der Waals surface area contributed by atoms with Crippen LogP contribution in [0, 0.1) is 17.3 Å². The summed E-state index contributed by atoms with van der Waals surface area (Å²) in [6, 6.07) is 0.728. The third-order valence-electron chi connectivity index (χ3n) is 5.05. The molecular formula is C16H31NO. The molecule has 4 unspecified atom stereocenters. The Labute approximate surface area is 113 Å². The minimum atomic E-state index is 0.440. The van der Waals surface area contributed by atoms with E-state index in [-0.39, 0.29) is 0 Å². The van der Waals surface area contributed by atoms with Gasteiger partial charge in [-0.25, -0.2) is 0 Å². The molecule has 2 rings (SSSR count). The van der Waals surface area contributed by atoms with Gasteiger partial charge in [0.1, 0.15) is 0 Å².